The predicted molar refractivity (Wildman–Crippen MR) is 124 cm³/mol. The summed E-state index contributed by atoms with van der Waals surface area (Å²) in [5.74, 6) is 0.252. The lowest BCUT2D eigenvalue weighted by Gasteiger charge is -2.29. The number of methoxy groups -OCH3 is 1. The molecule has 0 saturated carbocycles. The Kier molecular flexibility index (Phi) is 6.78. The number of carbonyl (C=O) groups excluding carboxylic acids is 2. The van der Waals surface area contributed by atoms with Gasteiger partial charge in [-0.1, -0.05) is 32.0 Å². The molecule has 1 aromatic heterocycles. The summed E-state index contributed by atoms with van der Waals surface area (Å²) in [6, 6.07) is 7.58. The molecule has 0 spiro atoms. The van der Waals surface area contributed by atoms with Crippen LogP contribution in [0.3, 0.4) is 0 Å². The van der Waals surface area contributed by atoms with Crippen LogP contribution in [0.2, 0.25) is 0 Å². The molecule has 1 N–H and O–H groups in total. The summed E-state index contributed by atoms with van der Waals surface area (Å²) < 4.78 is 39.3. The van der Waals surface area contributed by atoms with Gasteiger partial charge in [0.2, 0.25) is 0 Å². The number of thiophene rings is 1. The number of para-hydroxylation sites is 1. The molecule has 3 heterocycles. The fraction of sp³-hybridized carbons (Fsp3) is 0.478. The third kappa shape index (κ3) is 4.78. The van der Waals surface area contributed by atoms with E-state index in [0.29, 0.717) is 42.2 Å². The molecule has 8 nitrogen and oxygen atoms in total. The smallest absolute Gasteiger partial charge is 0.340 e. The number of rotatable bonds is 7. The molecule has 4 rings (SSSR count). The lowest BCUT2D eigenvalue weighted by atomic mass is 10.0. The molecule has 1 amide bonds. The number of nitrogens with one attached hydrogen (secondary N) is 1. The van der Waals surface area contributed by atoms with Gasteiger partial charge in [0.1, 0.15) is 9.96 Å². The fourth-order valence-corrected chi connectivity index (χ4v) is 7.13. The zero-order valence-electron chi connectivity index (χ0n) is 18.9. The van der Waals surface area contributed by atoms with Crippen LogP contribution in [0, 0.1) is 5.92 Å². The van der Waals surface area contributed by atoms with Gasteiger partial charge < -0.3 is 14.4 Å². The lowest BCUT2D eigenvalue weighted by Crippen LogP contribution is -2.43. The third-order valence-corrected chi connectivity index (χ3v) is 9.10. The van der Waals surface area contributed by atoms with Gasteiger partial charge in [-0.25, -0.2) is 17.9 Å². The molecule has 0 aliphatic carbocycles. The Hall–Kier alpha value is -2.43. The standard InChI is InChI=1S/C23H28N2O6S2/c1-14(2)8-10-24-33(28,29)23-20(22(27)30-3)16-9-11-25(13-19(16)32-23)21(26)18-12-15-6-4-5-7-17(15)31-18/h4-7,14,18,24H,8-13H2,1-3H3/t18-/m1/s1. The van der Waals surface area contributed by atoms with Gasteiger partial charge in [0.25, 0.3) is 15.9 Å². The van der Waals surface area contributed by atoms with E-state index in [4.69, 9.17) is 9.47 Å². The number of hydrogen-bond donors (Lipinski definition) is 1. The summed E-state index contributed by atoms with van der Waals surface area (Å²) in [5.41, 5.74) is 1.74. The zero-order valence-corrected chi connectivity index (χ0v) is 20.6. The minimum atomic E-state index is -3.89. The molecule has 1 aromatic carbocycles. The van der Waals surface area contributed by atoms with Gasteiger partial charge in [-0.2, -0.15) is 0 Å². The van der Waals surface area contributed by atoms with Crippen molar-refractivity contribution in [2.24, 2.45) is 5.92 Å². The highest BCUT2D eigenvalue weighted by Crippen LogP contribution is 2.37. The van der Waals surface area contributed by atoms with Crippen molar-refractivity contribution in [1.82, 2.24) is 9.62 Å². The molecule has 1 atom stereocenters. The van der Waals surface area contributed by atoms with Crippen molar-refractivity contribution in [2.45, 2.75) is 50.0 Å². The van der Waals surface area contributed by atoms with Gasteiger partial charge in [-0.15, -0.1) is 11.3 Å². The summed E-state index contributed by atoms with van der Waals surface area (Å²) in [5, 5.41) is 0. The minimum Gasteiger partial charge on any atom is -0.480 e. The van der Waals surface area contributed by atoms with Crippen molar-refractivity contribution in [3.63, 3.8) is 0 Å². The van der Waals surface area contributed by atoms with Crippen LogP contribution in [0.15, 0.2) is 28.5 Å². The summed E-state index contributed by atoms with van der Waals surface area (Å²) in [4.78, 5) is 28.1. The van der Waals surface area contributed by atoms with Crippen molar-refractivity contribution in [3.8, 4) is 5.75 Å². The maximum Gasteiger partial charge on any atom is 0.340 e. The number of nitrogens with zero attached hydrogens (tertiary/aromatic N) is 1. The van der Waals surface area contributed by atoms with E-state index in [9.17, 15) is 18.0 Å². The summed E-state index contributed by atoms with van der Waals surface area (Å²) >= 11 is 1.04. The first-order chi connectivity index (χ1) is 15.7. The Balaban J connectivity index is 1.56. The van der Waals surface area contributed by atoms with Crippen LogP contribution in [-0.4, -0.2) is 51.5 Å². The van der Waals surface area contributed by atoms with E-state index in [1.807, 2.05) is 38.1 Å². The number of esters is 1. The molecule has 0 fully saturated rings. The highest BCUT2D eigenvalue weighted by Gasteiger charge is 2.38. The van der Waals surface area contributed by atoms with Crippen LogP contribution >= 0.6 is 11.3 Å². The summed E-state index contributed by atoms with van der Waals surface area (Å²) in [7, 11) is -2.65. The van der Waals surface area contributed by atoms with E-state index < -0.39 is 22.1 Å². The SMILES string of the molecule is COC(=O)c1c(S(=O)(=O)NCCC(C)C)sc2c1CCN(C(=O)[C@H]1Cc3ccccc3O1)C2. The second kappa shape index (κ2) is 9.44. The Morgan fingerprint density at radius 1 is 1.30 bits per heavy atom. The molecule has 2 aromatic rings. The number of hydrogen-bond acceptors (Lipinski definition) is 7. The number of benzene rings is 1. The second-order valence-corrected chi connectivity index (χ2v) is 11.7. The third-order valence-electron chi connectivity index (χ3n) is 5.91. The molecule has 0 saturated heterocycles. The number of carbonyl (C=O) groups is 2. The van der Waals surface area contributed by atoms with E-state index in [1.54, 1.807) is 4.90 Å². The van der Waals surface area contributed by atoms with Gasteiger partial charge in [-0.3, -0.25) is 4.79 Å². The zero-order chi connectivity index (χ0) is 23.8. The maximum atomic E-state index is 13.1. The normalized spacial score (nSPS) is 17.5. The number of amides is 1. The largest absolute Gasteiger partial charge is 0.480 e. The first-order valence-corrected chi connectivity index (χ1v) is 13.3. The van der Waals surface area contributed by atoms with Crippen molar-refractivity contribution < 1.29 is 27.5 Å². The van der Waals surface area contributed by atoms with Crippen molar-refractivity contribution in [3.05, 3.63) is 45.8 Å². The first-order valence-electron chi connectivity index (χ1n) is 11.0. The Morgan fingerprint density at radius 3 is 2.76 bits per heavy atom. The molecule has 10 heteroatoms. The van der Waals surface area contributed by atoms with E-state index in [0.717, 1.165) is 22.6 Å². The quantitative estimate of drug-likeness (QED) is 0.597. The van der Waals surface area contributed by atoms with Crippen LogP contribution in [0.1, 0.15) is 46.6 Å². The lowest BCUT2D eigenvalue weighted by molar-refractivity contribution is -0.138. The molecular formula is C23H28N2O6S2. The van der Waals surface area contributed by atoms with E-state index in [2.05, 4.69) is 4.72 Å². The molecule has 178 valence electrons. The average molecular weight is 493 g/mol. The van der Waals surface area contributed by atoms with E-state index in [-0.39, 0.29) is 28.8 Å². The first kappa shape index (κ1) is 23.7. The van der Waals surface area contributed by atoms with Crippen molar-refractivity contribution in [2.75, 3.05) is 20.2 Å². The van der Waals surface area contributed by atoms with E-state index >= 15 is 0 Å². The average Bonchev–Trinajstić information content (AvgIpc) is 3.39. The topological polar surface area (TPSA) is 102 Å². The second-order valence-electron chi connectivity index (χ2n) is 8.67. The van der Waals surface area contributed by atoms with E-state index in [1.165, 1.54) is 7.11 Å². The molecule has 33 heavy (non-hydrogen) atoms. The highest BCUT2D eigenvalue weighted by molar-refractivity contribution is 7.91. The van der Waals surface area contributed by atoms with Gasteiger partial charge in [-0.05, 0) is 36.0 Å². The molecule has 0 radical (unpaired) electrons. The number of sulfonamides is 1. The molecule has 0 unspecified atom stereocenters. The fourth-order valence-electron chi connectivity index (χ4n) is 4.14. The Labute approximate surface area is 197 Å². The maximum absolute atomic E-state index is 13.1. The number of fused-ring (bicyclic) bond motifs is 2. The van der Waals surface area contributed by atoms with Crippen LogP contribution in [0.4, 0.5) is 0 Å². The highest BCUT2D eigenvalue weighted by atomic mass is 32.2. The van der Waals surface area contributed by atoms with Gasteiger partial charge in [0.05, 0.1) is 19.2 Å². The molecule has 0 bridgehead atoms. The molecular weight excluding hydrogens is 464 g/mol. The van der Waals surface area contributed by atoms with Crippen molar-refractivity contribution in [1.29, 1.82) is 0 Å². The number of ether oxygens (including phenoxy) is 2. The van der Waals surface area contributed by atoms with Crippen molar-refractivity contribution >= 4 is 33.2 Å². The predicted octanol–water partition coefficient (Wildman–Crippen LogP) is 2.75. The van der Waals surface area contributed by atoms with Crippen LogP contribution < -0.4 is 9.46 Å². The van der Waals surface area contributed by atoms with Crippen LogP contribution in [0.25, 0.3) is 0 Å². The molecule has 2 aliphatic rings. The van der Waals surface area contributed by atoms with Crippen LogP contribution in [0.5, 0.6) is 5.75 Å². The molecule has 2 aliphatic heterocycles. The monoisotopic (exact) mass is 492 g/mol. The van der Waals surface area contributed by atoms with Crippen LogP contribution in [-0.2, 0) is 38.9 Å². The Morgan fingerprint density at radius 2 is 2.06 bits per heavy atom. The Bertz CT molecular complexity index is 1150. The summed E-state index contributed by atoms with van der Waals surface area (Å²) in [6.07, 6.45) is 0.979. The van der Waals surface area contributed by atoms with Gasteiger partial charge >= 0.3 is 5.97 Å². The minimum absolute atomic E-state index is 0.0399. The van der Waals surface area contributed by atoms with Gasteiger partial charge in [0.15, 0.2) is 6.10 Å². The van der Waals surface area contributed by atoms with Gasteiger partial charge in [0, 0.05) is 24.4 Å². The summed E-state index contributed by atoms with van der Waals surface area (Å²) in [6.45, 7) is 4.92.